The molecule has 0 spiro atoms. The Balaban J connectivity index is 4.16. The van der Waals surface area contributed by atoms with Crippen molar-refractivity contribution in [3.8, 4) is 0 Å². The molecule has 0 aliphatic carbocycles. The molecule has 0 aromatic heterocycles. The number of hydrogen-bond acceptors (Lipinski definition) is 4. The van der Waals surface area contributed by atoms with Gasteiger partial charge in [-0.2, -0.15) is 0 Å². The van der Waals surface area contributed by atoms with Gasteiger partial charge in [0.25, 0.3) is 0 Å². The number of aliphatic carboxylic acids is 2. The second-order valence-corrected chi connectivity index (χ2v) is 3.81. The highest BCUT2D eigenvalue weighted by molar-refractivity contribution is 5.81. The van der Waals surface area contributed by atoms with E-state index < -0.39 is 30.2 Å². The van der Waals surface area contributed by atoms with Gasteiger partial charge < -0.3 is 14.9 Å². The molecular formula is C11H16O6. The molecule has 2 N–H and O–H groups in total. The molecule has 0 aromatic carbocycles. The van der Waals surface area contributed by atoms with Crippen molar-refractivity contribution >= 4 is 17.9 Å². The number of esters is 1. The SMILES string of the molecule is C=CC(=O)OCC(C)CC(CC(=O)O)C(=O)O. The Labute approximate surface area is 98.9 Å². The molecule has 0 heterocycles. The predicted molar refractivity (Wildman–Crippen MR) is 58.3 cm³/mol. The first-order valence-corrected chi connectivity index (χ1v) is 5.10. The van der Waals surface area contributed by atoms with E-state index in [1.165, 1.54) is 0 Å². The lowest BCUT2D eigenvalue weighted by Crippen LogP contribution is -2.22. The third-order valence-electron chi connectivity index (χ3n) is 2.13. The quantitative estimate of drug-likeness (QED) is 0.486. The zero-order chi connectivity index (χ0) is 13.4. The molecule has 0 aliphatic heterocycles. The summed E-state index contributed by atoms with van der Waals surface area (Å²) in [7, 11) is 0. The van der Waals surface area contributed by atoms with Gasteiger partial charge in [0.15, 0.2) is 0 Å². The smallest absolute Gasteiger partial charge is 0.330 e. The average molecular weight is 244 g/mol. The lowest BCUT2D eigenvalue weighted by Gasteiger charge is -2.15. The molecule has 0 fully saturated rings. The third kappa shape index (κ3) is 7.10. The predicted octanol–water partition coefficient (Wildman–Crippen LogP) is 0.917. The van der Waals surface area contributed by atoms with Gasteiger partial charge in [-0.05, 0) is 12.3 Å². The van der Waals surface area contributed by atoms with E-state index in [1.54, 1.807) is 6.92 Å². The van der Waals surface area contributed by atoms with E-state index in [0.29, 0.717) is 0 Å². The maximum Gasteiger partial charge on any atom is 0.330 e. The van der Waals surface area contributed by atoms with Gasteiger partial charge in [-0.15, -0.1) is 0 Å². The summed E-state index contributed by atoms with van der Waals surface area (Å²) in [5, 5.41) is 17.3. The summed E-state index contributed by atoms with van der Waals surface area (Å²) in [4.78, 5) is 32.0. The molecule has 0 bridgehead atoms. The Kier molecular flexibility index (Phi) is 6.62. The van der Waals surface area contributed by atoms with Gasteiger partial charge in [-0.1, -0.05) is 13.5 Å². The van der Waals surface area contributed by atoms with Gasteiger partial charge in [0.05, 0.1) is 18.9 Å². The number of rotatable bonds is 8. The number of carbonyl (C=O) groups is 3. The minimum atomic E-state index is -1.16. The molecule has 17 heavy (non-hydrogen) atoms. The molecule has 0 amide bonds. The Morgan fingerprint density at radius 3 is 2.35 bits per heavy atom. The minimum absolute atomic E-state index is 0.0499. The van der Waals surface area contributed by atoms with Crippen LogP contribution in [0.4, 0.5) is 0 Å². The van der Waals surface area contributed by atoms with Gasteiger partial charge in [0.1, 0.15) is 0 Å². The Morgan fingerprint density at radius 2 is 1.94 bits per heavy atom. The summed E-state index contributed by atoms with van der Waals surface area (Å²) in [6.45, 7) is 4.96. The monoisotopic (exact) mass is 244 g/mol. The van der Waals surface area contributed by atoms with Crippen LogP contribution in [0.5, 0.6) is 0 Å². The summed E-state index contributed by atoms with van der Waals surface area (Å²) < 4.78 is 4.74. The topological polar surface area (TPSA) is 101 Å². The third-order valence-corrected chi connectivity index (χ3v) is 2.13. The number of hydrogen-bond donors (Lipinski definition) is 2. The molecule has 0 saturated carbocycles. The van der Waals surface area contributed by atoms with Gasteiger partial charge in [0.2, 0.25) is 0 Å². The average Bonchev–Trinajstić information content (AvgIpc) is 2.24. The van der Waals surface area contributed by atoms with Crippen LogP contribution in [0.3, 0.4) is 0 Å². The van der Waals surface area contributed by atoms with Crippen molar-refractivity contribution in [3.05, 3.63) is 12.7 Å². The largest absolute Gasteiger partial charge is 0.481 e. The lowest BCUT2D eigenvalue weighted by atomic mass is 9.94. The minimum Gasteiger partial charge on any atom is -0.481 e. The van der Waals surface area contributed by atoms with Gasteiger partial charge in [-0.25, -0.2) is 4.79 Å². The lowest BCUT2D eigenvalue weighted by molar-refractivity contribution is -0.149. The van der Waals surface area contributed by atoms with Gasteiger partial charge >= 0.3 is 17.9 Å². The fourth-order valence-electron chi connectivity index (χ4n) is 1.32. The molecule has 96 valence electrons. The van der Waals surface area contributed by atoms with Crippen molar-refractivity contribution in [2.75, 3.05) is 6.61 Å². The van der Waals surface area contributed by atoms with Crippen LogP contribution in [0.15, 0.2) is 12.7 Å². The molecular weight excluding hydrogens is 228 g/mol. The number of carbonyl (C=O) groups excluding carboxylic acids is 1. The van der Waals surface area contributed by atoms with Crippen LogP contribution in [-0.2, 0) is 19.1 Å². The van der Waals surface area contributed by atoms with E-state index >= 15 is 0 Å². The first-order valence-electron chi connectivity index (χ1n) is 5.10. The Morgan fingerprint density at radius 1 is 1.35 bits per heavy atom. The van der Waals surface area contributed by atoms with Crippen LogP contribution in [0.1, 0.15) is 19.8 Å². The van der Waals surface area contributed by atoms with Crippen molar-refractivity contribution in [1.82, 2.24) is 0 Å². The van der Waals surface area contributed by atoms with E-state index in [2.05, 4.69) is 6.58 Å². The van der Waals surface area contributed by atoms with Crippen LogP contribution in [0.2, 0.25) is 0 Å². The van der Waals surface area contributed by atoms with E-state index in [1.807, 2.05) is 0 Å². The Bertz CT molecular complexity index is 309. The molecule has 2 atom stereocenters. The van der Waals surface area contributed by atoms with Crippen LogP contribution >= 0.6 is 0 Å². The van der Waals surface area contributed by atoms with Crippen LogP contribution in [0.25, 0.3) is 0 Å². The van der Waals surface area contributed by atoms with E-state index in [4.69, 9.17) is 14.9 Å². The van der Waals surface area contributed by atoms with E-state index in [9.17, 15) is 14.4 Å². The molecule has 2 unspecified atom stereocenters. The summed E-state index contributed by atoms with van der Waals surface area (Å²) in [6, 6.07) is 0. The highest BCUT2D eigenvalue weighted by atomic mass is 16.5. The Hall–Kier alpha value is -1.85. The normalized spacial score (nSPS) is 13.5. The van der Waals surface area contributed by atoms with Gasteiger partial charge in [0, 0.05) is 6.08 Å². The highest BCUT2D eigenvalue weighted by Gasteiger charge is 2.23. The number of carboxylic acid groups (broad SMARTS) is 2. The van der Waals surface area contributed by atoms with Crippen molar-refractivity contribution in [2.24, 2.45) is 11.8 Å². The zero-order valence-corrected chi connectivity index (χ0v) is 9.59. The molecule has 0 rings (SSSR count). The van der Waals surface area contributed by atoms with Crippen molar-refractivity contribution in [3.63, 3.8) is 0 Å². The van der Waals surface area contributed by atoms with E-state index in [-0.39, 0.29) is 18.9 Å². The summed E-state index contributed by atoms with van der Waals surface area (Å²) in [6.07, 6.45) is 0.722. The number of carboxylic acids is 2. The van der Waals surface area contributed by atoms with Crippen LogP contribution in [-0.4, -0.2) is 34.7 Å². The van der Waals surface area contributed by atoms with Crippen LogP contribution in [0, 0.1) is 11.8 Å². The summed E-state index contributed by atoms with van der Waals surface area (Å²) in [5.74, 6) is -4.09. The second-order valence-electron chi connectivity index (χ2n) is 3.81. The molecule has 0 aliphatic rings. The second kappa shape index (κ2) is 7.43. The molecule has 0 saturated heterocycles. The fourth-order valence-corrected chi connectivity index (χ4v) is 1.32. The molecule has 6 nitrogen and oxygen atoms in total. The zero-order valence-electron chi connectivity index (χ0n) is 9.59. The maximum atomic E-state index is 10.8. The summed E-state index contributed by atoms with van der Waals surface area (Å²) in [5.41, 5.74) is 0. The van der Waals surface area contributed by atoms with E-state index in [0.717, 1.165) is 6.08 Å². The number of ether oxygens (including phenoxy) is 1. The standard InChI is InChI=1S/C11H16O6/c1-3-10(14)17-6-7(2)4-8(11(15)16)5-9(12)13/h3,7-8H,1,4-6H2,2H3,(H,12,13)(H,15,16). The van der Waals surface area contributed by atoms with Gasteiger partial charge in [-0.3, -0.25) is 9.59 Å². The molecule has 0 aromatic rings. The fraction of sp³-hybridized carbons (Fsp3) is 0.545. The van der Waals surface area contributed by atoms with Crippen LogP contribution < -0.4 is 0 Å². The molecule has 0 radical (unpaired) electrons. The van der Waals surface area contributed by atoms with Crippen molar-refractivity contribution in [2.45, 2.75) is 19.8 Å². The first-order chi connectivity index (χ1) is 7.86. The molecule has 6 heteroatoms. The first kappa shape index (κ1) is 15.2. The maximum absolute atomic E-state index is 10.8. The van der Waals surface area contributed by atoms with Crippen molar-refractivity contribution < 1.29 is 29.3 Å². The highest BCUT2D eigenvalue weighted by Crippen LogP contribution is 2.16. The van der Waals surface area contributed by atoms with Crippen molar-refractivity contribution in [1.29, 1.82) is 0 Å². The summed E-state index contributed by atoms with van der Waals surface area (Å²) >= 11 is 0.